The van der Waals surface area contributed by atoms with Gasteiger partial charge in [-0.25, -0.2) is 0 Å². The summed E-state index contributed by atoms with van der Waals surface area (Å²) in [6.45, 7) is 8.07. The molecule has 11 nitrogen and oxygen atoms in total. The highest BCUT2D eigenvalue weighted by molar-refractivity contribution is 6.03. The number of ether oxygens (including phenoxy) is 3. The molecule has 3 amide bonds. The predicted octanol–water partition coefficient (Wildman–Crippen LogP) is 4.17. The van der Waals surface area contributed by atoms with Crippen LogP contribution in [0.25, 0.3) is 0 Å². The van der Waals surface area contributed by atoms with E-state index in [1.54, 1.807) is 62.6 Å². The fourth-order valence-electron chi connectivity index (χ4n) is 4.23. The number of anilines is 2. The molecule has 4 rings (SSSR count). The second-order valence-corrected chi connectivity index (χ2v) is 10.4. The number of rotatable bonds is 9. The lowest BCUT2D eigenvalue weighted by molar-refractivity contribution is -0.128. The second-order valence-electron chi connectivity index (χ2n) is 10.4. The molecule has 0 fully saturated rings. The summed E-state index contributed by atoms with van der Waals surface area (Å²) >= 11 is 0. The van der Waals surface area contributed by atoms with Gasteiger partial charge in [0.15, 0.2) is 17.3 Å². The van der Waals surface area contributed by atoms with E-state index in [0.29, 0.717) is 47.5 Å². The van der Waals surface area contributed by atoms with Gasteiger partial charge < -0.3 is 29.4 Å². The number of carbonyl (C=O) groups excluding carboxylic acids is 3. The Kier molecular flexibility index (Phi) is 8.61. The lowest BCUT2D eigenvalue weighted by Crippen LogP contribution is -2.49. The van der Waals surface area contributed by atoms with Gasteiger partial charge in [-0.05, 0) is 57.5 Å². The van der Waals surface area contributed by atoms with Gasteiger partial charge in [0, 0.05) is 36.2 Å². The zero-order valence-electron chi connectivity index (χ0n) is 23.3. The Morgan fingerprint density at radius 3 is 2.33 bits per heavy atom. The lowest BCUT2D eigenvalue weighted by Gasteiger charge is -2.34. The van der Waals surface area contributed by atoms with Crippen LogP contribution in [0, 0.1) is 6.92 Å². The molecule has 1 aliphatic heterocycles. The van der Waals surface area contributed by atoms with Crippen LogP contribution in [0.3, 0.4) is 0 Å². The van der Waals surface area contributed by atoms with Crippen LogP contribution >= 0.6 is 0 Å². The molecule has 2 heterocycles. The largest absolute Gasteiger partial charge is 0.497 e. The number of amides is 3. The predicted molar refractivity (Wildman–Crippen MR) is 148 cm³/mol. The van der Waals surface area contributed by atoms with Crippen molar-refractivity contribution in [3.05, 3.63) is 59.9 Å². The molecule has 0 unspecified atom stereocenters. The minimum absolute atomic E-state index is 0.137. The van der Waals surface area contributed by atoms with E-state index in [4.69, 9.17) is 18.7 Å². The summed E-state index contributed by atoms with van der Waals surface area (Å²) < 4.78 is 21.7. The van der Waals surface area contributed by atoms with Crippen molar-refractivity contribution >= 4 is 29.2 Å². The van der Waals surface area contributed by atoms with Crippen molar-refractivity contribution < 1.29 is 33.1 Å². The van der Waals surface area contributed by atoms with Crippen LogP contribution in [-0.4, -0.2) is 48.7 Å². The van der Waals surface area contributed by atoms with Crippen LogP contribution in [0.4, 0.5) is 11.5 Å². The third-order valence-corrected chi connectivity index (χ3v) is 5.97. The molecule has 1 atom stereocenters. The average Bonchev–Trinajstić information content (AvgIpc) is 3.33. The van der Waals surface area contributed by atoms with Crippen molar-refractivity contribution in [2.75, 3.05) is 30.5 Å². The minimum atomic E-state index is -1.05. The number of methoxy groups -OCH3 is 1. The summed E-state index contributed by atoms with van der Waals surface area (Å²) in [5.74, 6) is 1.19. The Bertz CT molecular complexity index is 1360. The second kappa shape index (κ2) is 12.1. The molecule has 0 saturated carbocycles. The van der Waals surface area contributed by atoms with E-state index in [2.05, 4.69) is 15.8 Å². The summed E-state index contributed by atoms with van der Waals surface area (Å²) in [6, 6.07) is 12.5. The van der Waals surface area contributed by atoms with Crippen LogP contribution in [0.1, 0.15) is 51.0 Å². The molecule has 2 N–H and O–H groups in total. The molecule has 0 bridgehead atoms. The molecule has 0 radical (unpaired) electrons. The Morgan fingerprint density at radius 2 is 1.70 bits per heavy atom. The van der Waals surface area contributed by atoms with E-state index < -0.39 is 23.4 Å². The maximum Gasteiger partial charge on any atom is 0.248 e. The molecular weight excluding hydrogens is 516 g/mol. The Morgan fingerprint density at radius 1 is 1.00 bits per heavy atom. The van der Waals surface area contributed by atoms with Gasteiger partial charge in [0.1, 0.15) is 30.8 Å². The van der Waals surface area contributed by atoms with E-state index in [1.807, 2.05) is 20.8 Å². The van der Waals surface area contributed by atoms with Gasteiger partial charge in [-0.15, -0.1) is 0 Å². The third kappa shape index (κ3) is 7.10. The fourth-order valence-corrected chi connectivity index (χ4v) is 4.23. The van der Waals surface area contributed by atoms with E-state index in [1.165, 1.54) is 4.90 Å². The number of fused-ring (bicyclic) bond motifs is 1. The molecule has 212 valence electrons. The van der Waals surface area contributed by atoms with Crippen LogP contribution in [-0.2, 0) is 14.4 Å². The van der Waals surface area contributed by atoms with Crippen LogP contribution in [0.5, 0.6) is 17.2 Å². The van der Waals surface area contributed by atoms with Crippen molar-refractivity contribution in [2.24, 2.45) is 0 Å². The monoisotopic (exact) mass is 550 g/mol. The molecule has 40 heavy (non-hydrogen) atoms. The molecule has 2 aromatic carbocycles. The quantitative estimate of drug-likeness (QED) is 0.406. The normalized spacial score (nSPS) is 13.2. The van der Waals surface area contributed by atoms with Gasteiger partial charge in [0.05, 0.1) is 7.11 Å². The number of carbonyl (C=O) groups is 3. The van der Waals surface area contributed by atoms with Crippen molar-refractivity contribution in [1.82, 2.24) is 10.5 Å². The van der Waals surface area contributed by atoms with E-state index >= 15 is 0 Å². The van der Waals surface area contributed by atoms with Gasteiger partial charge in [0.2, 0.25) is 17.7 Å². The third-order valence-electron chi connectivity index (χ3n) is 5.97. The number of hydrogen-bond acceptors (Lipinski definition) is 8. The van der Waals surface area contributed by atoms with Crippen molar-refractivity contribution in [1.29, 1.82) is 0 Å². The lowest BCUT2D eigenvalue weighted by atomic mass is 10.00. The highest BCUT2D eigenvalue weighted by atomic mass is 16.6. The standard InChI is InChI=1S/C29H34N4O7/c1-18-16-24(32-40-18)30-25(34)12-13-26(35)33(20-8-11-22-23(17-20)39-15-14-38-22)27(28(36)31-29(2,3)4)19-6-9-21(37-5)10-7-19/h6-11,16-17,27H,12-15H2,1-5H3,(H,31,36)(H,30,32,34)/t27-/m1/s1. The Labute approximate surface area is 232 Å². The first-order chi connectivity index (χ1) is 19.0. The van der Waals surface area contributed by atoms with Crippen molar-refractivity contribution in [3.8, 4) is 17.2 Å². The fraction of sp³-hybridized carbons (Fsp3) is 0.379. The van der Waals surface area contributed by atoms with E-state index in [9.17, 15) is 14.4 Å². The van der Waals surface area contributed by atoms with Crippen LogP contribution in [0.2, 0.25) is 0 Å². The van der Waals surface area contributed by atoms with Gasteiger partial charge in [-0.2, -0.15) is 0 Å². The topological polar surface area (TPSA) is 132 Å². The van der Waals surface area contributed by atoms with Gasteiger partial charge in [-0.1, -0.05) is 17.3 Å². The first-order valence-corrected chi connectivity index (χ1v) is 12.9. The molecule has 0 saturated heterocycles. The van der Waals surface area contributed by atoms with E-state index in [0.717, 1.165) is 0 Å². The number of nitrogens with one attached hydrogen (secondary N) is 2. The van der Waals surface area contributed by atoms with Crippen LogP contribution in [0.15, 0.2) is 53.1 Å². The van der Waals surface area contributed by atoms with Gasteiger partial charge in [0.25, 0.3) is 0 Å². The Balaban J connectivity index is 1.70. The molecule has 1 aromatic heterocycles. The maximum absolute atomic E-state index is 13.9. The number of aromatic nitrogens is 1. The average molecular weight is 551 g/mol. The Hall–Kier alpha value is -4.54. The SMILES string of the molecule is COc1ccc([C@H](C(=O)NC(C)(C)C)N(C(=O)CCC(=O)Nc2cc(C)on2)c2ccc3c(c2)OCCO3)cc1. The minimum Gasteiger partial charge on any atom is -0.497 e. The smallest absolute Gasteiger partial charge is 0.248 e. The van der Waals surface area contributed by atoms with E-state index in [-0.39, 0.29) is 24.6 Å². The van der Waals surface area contributed by atoms with Crippen LogP contribution < -0.4 is 29.7 Å². The highest BCUT2D eigenvalue weighted by Crippen LogP contribution is 2.38. The molecule has 0 spiro atoms. The number of hydrogen-bond donors (Lipinski definition) is 2. The van der Waals surface area contributed by atoms with Crippen molar-refractivity contribution in [3.63, 3.8) is 0 Å². The molecule has 1 aliphatic rings. The maximum atomic E-state index is 13.9. The zero-order valence-corrected chi connectivity index (χ0v) is 23.3. The number of nitrogens with zero attached hydrogens (tertiary/aromatic N) is 2. The summed E-state index contributed by atoms with van der Waals surface area (Å²) in [7, 11) is 1.55. The molecule has 11 heteroatoms. The number of benzene rings is 2. The summed E-state index contributed by atoms with van der Waals surface area (Å²) in [6.07, 6.45) is -0.311. The van der Waals surface area contributed by atoms with Gasteiger partial charge >= 0.3 is 0 Å². The van der Waals surface area contributed by atoms with Crippen molar-refractivity contribution in [2.45, 2.75) is 52.1 Å². The molecule has 0 aliphatic carbocycles. The number of aryl methyl sites for hydroxylation is 1. The van der Waals surface area contributed by atoms with Gasteiger partial charge in [-0.3, -0.25) is 19.3 Å². The summed E-state index contributed by atoms with van der Waals surface area (Å²) in [5, 5.41) is 9.37. The zero-order chi connectivity index (χ0) is 28.9. The first kappa shape index (κ1) is 28.5. The first-order valence-electron chi connectivity index (χ1n) is 12.9. The summed E-state index contributed by atoms with van der Waals surface area (Å²) in [4.78, 5) is 41.7. The molecule has 3 aromatic rings. The summed E-state index contributed by atoms with van der Waals surface area (Å²) in [5.41, 5.74) is 0.416. The molecular formula is C29H34N4O7. The highest BCUT2D eigenvalue weighted by Gasteiger charge is 2.35.